The third-order valence-corrected chi connectivity index (χ3v) is 3.47. The number of nitrogens with zero attached hydrogens (tertiary/aromatic N) is 2. The normalized spacial score (nSPS) is 11.2. The van der Waals surface area contributed by atoms with Gasteiger partial charge in [0, 0.05) is 11.7 Å². The summed E-state index contributed by atoms with van der Waals surface area (Å²) in [6, 6.07) is 1.87. The molecule has 1 aromatic carbocycles. The van der Waals surface area contributed by atoms with Crippen molar-refractivity contribution in [1.82, 2.24) is 14.8 Å². The molecule has 2 aromatic rings. The number of aromatic nitrogens is 3. The van der Waals surface area contributed by atoms with Crippen molar-refractivity contribution in [1.29, 1.82) is 0 Å². The van der Waals surface area contributed by atoms with Crippen LogP contribution in [0.5, 0.6) is 0 Å². The number of aromatic amines is 1. The molecular weight excluding hydrogens is 274 g/mol. The Morgan fingerprint density at radius 2 is 1.95 bits per heavy atom. The lowest BCUT2D eigenvalue weighted by molar-refractivity contribution is 0.526. The van der Waals surface area contributed by atoms with E-state index in [1.807, 2.05) is 0 Å². The van der Waals surface area contributed by atoms with Gasteiger partial charge < -0.3 is 5.73 Å². The summed E-state index contributed by atoms with van der Waals surface area (Å²) in [7, 11) is 0. The quantitative estimate of drug-likeness (QED) is 0.848. The van der Waals surface area contributed by atoms with Gasteiger partial charge in [0.15, 0.2) is 5.16 Å². The first-order valence-electron chi connectivity index (χ1n) is 5.49. The molecule has 5 nitrogen and oxygen atoms in total. The molecule has 0 saturated heterocycles. The SMILES string of the molecule is CC(C)n1c(Sc2c(F)cc(N)cc2F)n[nH]c1=O. The molecule has 0 amide bonds. The van der Waals surface area contributed by atoms with Gasteiger partial charge in [-0.1, -0.05) is 0 Å². The van der Waals surface area contributed by atoms with E-state index in [1.165, 1.54) is 4.57 Å². The third-order valence-electron chi connectivity index (χ3n) is 2.40. The summed E-state index contributed by atoms with van der Waals surface area (Å²) in [4.78, 5) is 11.3. The minimum Gasteiger partial charge on any atom is -0.399 e. The zero-order chi connectivity index (χ0) is 14.2. The summed E-state index contributed by atoms with van der Waals surface area (Å²) in [5, 5.41) is 6.21. The lowest BCUT2D eigenvalue weighted by Gasteiger charge is -2.09. The maximum Gasteiger partial charge on any atom is 0.344 e. The van der Waals surface area contributed by atoms with Gasteiger partial charge in [-0.05, 0) is 37.7 Å². The Bertz CT molecular complexity index is 642. The smallest absolute Gasteiger partial charge is 0.344 e. The van der Waals surface area contributed by atoms with Crippen LogP contribution in [0.2, 0.25) is 0 Å². The molecule has 19 heavy (non-hydrogen) atoms. The summed E-state index contributed by atoms with van der Waals surface area (Å²) in [6.45, 7) is 3.55. The van der Waals surface area contributed by atoms with Gasteiger partial charge in [-0.3, -0.25) is 4.57 Å². The van der Waals surface area contributed by atoms with E-state index < -0.39 is 17.3 Å². The van der Waals surface area contributed by atoms with E-state index in [-0.39, 0.29) is 21.8 Å². The molecule has 3 N–H and O–H groups in total. The van der Waals surface area contributed by atoms with Crippen LogP contribution in [0.3, 0.4) is 0 Å². The zero-order valence-electron chi connectivity index (χ0n) is 10.3. The molecule has 0 fully saturated rings. The number of H-pyrrole nitrogens is 1. The molecular formula is C11H12F2N4OS. The largest absolute Gasteiger partial charge is 0.399 e. The van der Waals surface area contributed by atoms with Crippen LogP contribution < -0.4 is 11.4 Å². The Morgan fingerprint density at radius 1 is 1.37 bits per heavy atom. The topological polar surface area (TPSA) is 76.7 Å². The zero-order valence-corrected chi connectivity index (χ0v) is 11.1. The number of hydrogen-bond acceptors (Lipinski definition) is 4. The van der Waals surface area contributed by atoms with Gasteiger partial charge >= 0.3 is 5.69 Å². The van der Waals surface area contributed by atoms with Crippen LogP contribution in [-0.2, 0) is 0 Å². The molecule has 1 heterocycles. The van der Waals surface area contributed by atoms with Crippen LogP contribution in [0.1, 0.15) is 19.9 Å². The highest BCUT2D eigenvalue weighted by Gasteiger charge is 2.18. The fraction of sp³-hybridized carbons (Fsp3) is 0.273. The minimum atomic E-state index is -0.784. The van der Waals surface area contributed by atoms with Crippen molar-refractivity contribution < 1.29 is 8.78 Å². The van der Waals surface area contributed by atoms with Crippen molar-refractivity contribution in [3.8, 4) is 0 Å². The number of hydrogen-bond donors (Lipinski definition) is 2. The second-order valence-corrected chi connectivity index (χ2v) is 5.17. The number of benzene rings is 1. The number of nitrogen functional groups attached to an aromatic ring is 1. The molecule has 0 unspecified atom stereocenters. The second kappa shape index (κ2) is 5.04. The molecule has 0 aliphatic heterocycles. The van der Waals surface area contributed by atoms with E-state index in [2.05, 4.69) is 10.2 Å². The van der Waals surface area contributed by atoms with Crippen LogP contribution in [0.4, 0.5) is 14.5 Å². The average Bonchev–Trinajstić information content (AvgIpc) is 2.64. The molecule has 8 heteroatoms. The van der Waals surface area contributed by atoms with Crippen molar-refractivity contribution in [2.45, 2.75) is 29.9 Å². The first-order chi connectivity index (χ1) is 8.90. The number of halogens is 2. The summed E-state index contributed by atoms with van der Waals surface area (Å²) in [5.74, 6) is -1.57. The van der Waals surface area contributed by atoms with E-state index in [0.29, 0.717) is 0 Å². The molecule has 0 radical (unpaired) electrons. The maximum atomic E-state index is 13.7. The summed E-state index contributed by atoms with van der Waals surface area (Å²) in [6.07, 6.45) is 0. The molecule has 0 aliphatic carbocycles. The van der Waals surface area contributed by atoms with E-state index in [9.17, 15) is 13.6 Å². The lowest BCUT2D eigenvalue weighted by atomic mass is 10.3. The molecule has 0 aliphatic rings. The first kappa shape index (κ1) is 13.6. The van der Waals surface area contributed by atoms with Gasteiger partial charge in [-0.15, -0.1) is 5.10 Å². The summed E-state index contributed by atoms with van der Waals surface area (Å²) < 4.78 is 28.7. The Labute approximate surface area is 111 Å². The molecule has 1 aromatic heterocycles. The Morgan fingerprint density at radius 3 is 2.47 bits per heavy atom. The average molecular weight is 286 g/mol. The van der Waals surface area contributed by atoms with Gasteiger partial charge in [0.05, 0.1) is 4.90 Å². The molecule has 102 valence electrons. The lowest BCUT2D eigenvalue weighted by Crippen LogP contribution is -2.19. The summed E-state index contributed by atoms with van der Waals surface area (Å²) in [5.41, 5.74) is 4.92. The molecule has 0 bridgehead atoms. The number of nitrogens with one attached hydrogen (secondary N) is 1. The molecule has 0 saturated carbocycles. The maximum absolute atomic E-state index is 13.7. The predicted octanol–water partition coefficient (Wildman–Crippen LogP) is 2.16. The fourth-order valence-electron chi connectivity index (χ4n) is 1.59. The van der Waals surface area contributed by atoms with Gasteiger partial charge in [-0.2, -0.15) is 0 Å². The van der Waals surface area contributed by atoms with Gasteiger partial charge in [0.25, 0.3) is 0 Å². The predicted molar refractivity (Wildman–Crippen MR) is 68.1 cm³/mol. The van der Waals surface area contributed by atoms with Crippen molar-refractivity contribution in [2.75, 3.05) is 5.73 Å². The van der Waals surface area contributed by atoms with Gasteiger partial charge in [0.2, 0.25) is 0 Å². The van der Waals surface area contributed by atoms with Crippen LogP contribution in [0, 0.1) is 11.6 Å². The van der Waals surface area contributed by atoms with E-state index in [4.69, 9.17) is 5.73 Å². The third kappa shape index (κ3) is 2.62. The highest BCUT2D eigenvalue weighted by atomic mass is 32.2. The summed E-state index contributed by atoms with van der Waals surface area (Å²) >= 11 is 0.740. The van der Waals surface area contributed by atoms with Crippen LogP contribution in [-0.4, -0.2) is 14.8 Å². The fourth-order valence-corrected chi connectivity index (χ4v) is 2.56. The van der Waals surface area contributed by atoms with E-state index >= 15 is 0 Å². The van der Waals surface area contributed by atoms with Crippen molar-refractivity contribution in [3.63, 3.8) is 0 Å². The van der Waals surface area contributed by atoms with E-state index in [1.54, 1.807) is 13.8 Å². The highest BCUT2D eigenvalue weighted by Crippen LogP contribution is 2.32. The minimum absolute atomic E-state index is 0.00243. The van der Waals surface area contributed by atoms with Crippen LogP contribution in [0.25, 0.3) is 0 Å². The number of nitrogens with two attached hydrogens (primary N) is 1. The Kier molecular flexibility index (Phi) is 3.61. The van der Waals surface area contributed by atoms with Gasteiger partial charge in [0.1, 0.15) is 11.6 Å². The monoisotopic (exact) mass is 286 g/mol. The van der Waals surface area contributed by atoms with Gasteiger partial charge in [-0.25, -0.2) is 18.7 Å². The highest BCUT2D eigenvalue weighted by molar-refractivity contribution is 7.99. The van der Waals surface area contributed by atoms with E-state index in [0.717, 1.165) is 23.9 Å². The van der Waals surface area contributed by atoms with Crippen molar-refractivity contribution >= 4 is 17.4 Å². The molecule has 0 atom stereocenters. The van der Waals surface area contributed by atoms with Crippen molar-refractivity contribution in [2.24, 2.45) is 0 Å². The van der Waals surface area contributed by atoms with Crippen molar-refractivity contribution in [3.05, 3.63) is 34.3 Å². The Hall–Kier alpha value is -1.83. The first-order valence-corrected chi connectivity index (χ1v) is 6.31. The standard InChI is InChI=1S/C11H12F2N4OS/c1-5(2)17-10(18)15-16-11(17)19-9-7(12)3-6(14)4-8(9)13/h3-5H,14H2,1-2H3,(H,15,18). The number of anilines is 1. The number of rotatable bonds is 3. The molecule has 2 rings (SSSR count). The van der Waals surface area contributed by atoms with Crippen LogP contribution >= 0.6 is 11.8 Å². The second-order valence-electron chi connectivity index (χ2n) is 4.19. The van der Waals surface area contributed by atoms with Crippen LogP contribution in [0.15, 0.2) is 27.0 Å². The molecule has 0 spiro atoms. The Balaban J connectivity index is 2.45.